The summed E-state index contributed by atoms with van der Waals surface area (Å²) in [6.07, 6.45) is 0. The molecular weight excluding hydrogens is 376 g/mol. The minimum Gasteiger partial charge on any atom is -0.497 e. The van der Waals surface area contributed by atoms with Crippen LogP contribution < -0.4 is 14.8 Å². The van der Waals surface area contributed by atoms with Gasteiger partial charge in [-0.25, -0.2) is 4.99 Å². The van der Waals surface area contributed by atoms with Gasteiger partial charge >= 0.3 is 0 Å². The molecule has 28 heavy (non-hydrogen) atoms. The molecule has 0 aliphatic heterocycles. The van der Waals surface area contributed by atoms with Gasteiger partial charge in [0.15, 0.2) is 5.96 Å². The van der Waals surface area contributed by atoms with Crippen LogP contribution in [0.1, 0.15) is 4.88 Å². The first-order valence-electron chi connectivity index (χ1n) is 8.98. The zero-order valence-corrected chi connectivity index (χ0v) is 17.7. The van der Waals surface area contributed by atoms with Crippen molar-refractivity contribution < 1.29 is 14.3 Å². The van der Waals surface area contributed by atoms with Gasteiger partial charge in [0.05, 0.1) is 20.2 Å². The molecule has 1 heterocycles. The molecule has 0 saturated heterocycles. The third-order valence-electron chi connectivity index (χ3n) is 3.98. The number of rotatable bonds is 9. The van der Waals surface area contributed by atoms with Crippen LogP contribution in [0.5, 0.6) is 11.5 Å². The van der Waals surface area contributed by atoms with E-state index in [1.165, 1.54) is 9.78 Å². The van der Waals surface area contributed by atoms with Crippen molar-refractivity contribution >= 4 is 23.2 Å². The second-order valence-corrected chi connectivity index (χ2v) is 7.34. The van der Waals surface area contributed by atoms with E-state index in [-0.39, 0.29) is 12.5 Å². The van der Waals surface area contributed by atoms with Gasteiger partial charge in [-0.1, -0.05) is 6.07 Å². The Morgan fingerprint density at radius 3 is 2.46 bits per heavy atom. The van der Waals surface area contributed by atoms with Crippen LogP contribution >= 0.6 is 11.3 Å². The van der Waals surface area contributed by atoms with E-state index in [9.17, 15) is 4.79 Å². The van der Waals surface area contributed by atoms with Crippen molar-refractivity contribution in [3.05, 3.63) is 46.7 Å². The van der Waals surface area contributed by atoms with Crippen LogP contribution in [-0.4, -0.2) is 69.6 Å². The predicted octanol–water partition coefficient (Wildman–Crippen LogP) is 2.30. The van der Waals surface area contributed by atoms with Gasteiger partial charge in [0, 0.05) is 26.0 Å². The first-order valence-corrected chi connectivity index (χ1v) is 9.86. The third-order valence-corrected chi connectivity index (χ3v) is 4.86. The number of guanidine groups is 1. The molecular formula is C20H28N4O3S. The van der Waals surface area contributed by atoms with Crippen LogP contribution in [-0.2, 0) is 11.3 Å². The van der Waals surface area contributed by atoms with Crippen molar-refractivity contribution in [2.75, 3.05) is 47.9 Å². The Morgan fingerprint density at radius 2 is 1.86 bits per heavy atom. The quantitative estimate of drug-likeness (QED) is 0.513. The summed E-state index contributed by atoms with van der Waals surface area (Å²) < 4.78 is 10.9. The molecule has 1 N–H and O–H groups in total. The van der Waals surface area contributed by atoms with E-state index in [0.29, 0.717) is 25.7 Å². The van der Waals surface area contributed by atoms with Crippen LogP contribution in [0.4, 0.5) is 0 Å². The van der Waals surface area contributed by atoms with Gasteiger partial charge in [0.25, 0.3) is 0 Å². The summed E-state index contributed by atoms with van der Waals surface area (Å²) in [6, 6.07) is 11.5. The number of benzene rings is 1. The molecule has 0 aliphatic rings. The van der Waals surface area contributed by atoms with E-state index in [2.05, 4.69) is 16.4 Å². The number of thiophene rings is 1. The molecule has 152 valence electrons. The molecule has 0 bridgehead atoms. The largest absolute Gasteiger partial charge is 0.497 e. The monoisotopic (exact) mass is 404 g/mol. The van der Waals surface area contributed by atoms with Crippen molar-refractivity contribution in [1.29, 1.82) is 0 Å². The molecule has 1 amide bonds. The SMILES string of the molecule is COc1ccc(OCCN(C)C(=NCC(=O)N(C)C)NCc2cccs2)cc1. The van der Waals surface area contributed by atoms with Gasteiger partial charge in [0.1, 0.15) is 24.7 Å². The van der Waals surface area contributed by atoms with E-state index in [0.717, 1.165) is 11.5 Å². The number of carbonyl (C=O) groups is 1. The van der Waals surface area contributed by atoms with Crippen molar-refractivity contribution in [2.24, 2.45) is 4.99 Å². The van der Waals surface area contributed by atoms with Gasteiger partial charge in [-0.15, -0.1) is 11.3 Å². The van der Waals surface area contributed by atoms with Gasteiger partial charge in [-0.05, 0) is 35.7 Å². The van der Waals surface area contributed by atoms with E-state index >= 15 is 0 Å². The highest BCUT2D eigenvalue weighted by Gasteiger charge is 2.10. The van der Waals surface area contributed by atoms with Crippen LogP contribution in [0.3, 0.4) is 0 Å². The molecule has 2 aromatic rings. The number of methoxy groups -OCH3 is 1. The number of aliphatic imine (C=N–C) groups is 1. The molecule has 0 unspecified atom stereocenters. The zero-order valence-electron chi connectivity index (χ0n) is 16.8. The summed E-state index contributed by atoms with van der Waals surface area (Å²) in [5, 5.41) is 5.36. The average molecular weight is 405 g/mol. The number of carbonyl (C=O) groups excluding carboxylic acids is 1. The van der Waals surface area contributed by atoms with Gasteiger partial charge in [-0.3, -0.25) is 4.79 Å². The third kappa shape index (κ3) is 7.11. The number of ether oxygens (including phenoxy) is 2. The highest BCUT2D eigenvalue weighted by Crippen LogP contribution is 2.16. The molecule has 1 aromatic heterocycles. The molecule has 0 atom stereocenters. The van der Waals surface area contributed by atoms with Crippen LogP contribution in [0.25, 0.3) is 0 Å². The Kier molecular flexibility index (Phi) is 8.61. The lowest BCUT2D eigenvalue weighted by Crippen LogP contribution is -2.41. The van der Waals surface area contributed by atoms with Crippen molar-refractivity contribution in [2.45, 2.75) is 6.54 Å². The molecule has 0 radical (unpaired) electrons. The highest BCUT2D eigenvalue weighted by molar-refractivity contribution is 7.09. The fraction of sp³-hybridized carbons (Fsp3) is 0.400. The molecule has 0 saturated carbocycles. The number of amides is 1. The predicted molar refractivity (Wildman–Crippen MR) is 113 cm³/mol. The summed E-state index contributed by atoms with van der Waals surface area (Å²) >= 11 is 1.68. The molecule has 0 aliphatic carbocycles. The van der Waals surface area contributed by atoms with Crippen molar-refractivity contribution in [3.8, 4) is 11.5 Å². The molecule has 2 rings (SSSR count). The van der Waals surface area contributed by atoms with Crippen molar-refractivity contribution in [3.63, 3.8) is 0 Å². The molecule has 8 heteroatoms. The maximum absolute atomic E-state index is 11.9. The van der Waals surface area contributed by atoms with Gasteiger partial charge in [0.2, 0.25) is 5.91 Å². The average Bonchev–Trinajstić information content (AvgIpc) is 3.21. The lowest BCUT2D eigenvalue weighted by Gasteiger charge is -2.22. The Morgan fingerprint density at radius 1 is 1.14 bits per heavy atom. The first kappa shape index (κ1) is 21.6. The molecule has 0 spiro atoms. The fourth-order valence-corrected chi connectivity index (χ4v) is 2.90. The van der Waals surface area contributed by atoms with E-state index in [1.807, 2.05) is 47.7 Å². The van der Waals surface area contributed by atoms with Crippen LogP contribution in [0, 0.1) is 0 Å². The second kappa shape index (κ2) is 11.2. The maximum atomic E-state index is 11.9. The first-order chi connectivity index (χ1) is 13.5. The summed E-state index contributed by atoms with van der Waals surface area (Å²) in [6.45, 7) is 1.88. The topological polar surface area (TPSA) is 66.4 Å². The highest BCUT2D eigenvalue weighted by atomic mass is 32.1. The Hall–Kier alpha value is -2.74. The maximum Gasteiger partial charge on any atom is 0.243 e. The number of nitrogens with one attached hydrogen (secondary N) is 1. The standard InChI is InChI=1S/C20H28N4O3S/c1-23(2)19(25)15-22-20(21-14-18-6-5-13-28-18)24(3)11-12-27-17-9-7-16(26-4)8-10-17/h5-10,13H,11-12,14-15H2,1-4H3,(H,21,22). The minimum atomic E-state index is -0.0432. The second-order valence-electron chi connectivity index (χ2n) is 6.31. The van der Waals surface area contributed by atoms with Gasteiger partial charge < -0.3 is 24.6 Å². The Labute approximate surface area is 170 Å². The summed E-state index contributed by atoms with van der Waals surface area (Å²) in [5.74, 6) is 2.20. The van der Waals surface area contributed by atoms with E-state index in [4.69, 9.17) is 9.47 Å². The zero-order chi connectivity index (χ0) is 20.4. The Bertz CT molecular complexity index is 745. The van der Waals surface area contributed by atoms with E-state index in [1.54, 1.807) is 32.5 Å². The van der Waals surface area contributed by atoms with Crippen LogP contribution in [0.15, 0.2) is 46.8 Å². The van der Waals surface area contributed by atoms with Crippen LogP contribution in [0.2, 0.25) is 0 Å². The smallest absolute Gasteiger partial charge is 0.243 e. The number of hydrogen-bond donors (Lipinski definition) is 1. The van der Waals surface area contributed by atoms with E-state index < -0.39 is 0 Å². The normalized spacial score (nSPS) is 11.1. The summed E-state index contributed by atoms with van der Waals surface area (Å²) in [4.78, 5) is 21.1. The number of hydrogen-bond acceptors (Lipinski definition) is 5. The van der Waals surface area contributed by atoms with Crippen molar-refractivity contribution in [1.82, 2.24) is 15.1 Å². The fourth-order valence-electron chi connectivity index (χ4n) is 2.25. The lowest BCUT2D eigenvalue weighted by molar-refractivity contribution is -0.127. The number of likely N-dealkylation sites (N-methyl/N-ethyl adjacent to an activating group) is 2. The minimum absolute atomic E-state index is 0.0432. The number of nitrogens with zero attached hydrogens (tertiary/aromatic N) is 3. The Balaban J connectivity index is 1.91. The summed E-state index contributed by atoms with van der Waals surface area (Å²) in [5.41, 5.74) is 0. The molecule has 0 fully saturated rings. The molecule has 1 aromatic carbocycles. The summed E-state index contributed by atoms with van der Waals surface area (Å²) in [7, 11) is 7.01. The van der Waals surface area contributed by atoms with Gasteiger partial charge in [-0.2, -0.15) is 0 Å². The molecule has 7 nitrogen and oxygen atoms in total. The lowest BCUT2D eigenvalue weighted by atomic mass is 10.3.